The summed E-state index contributed by atoms with van der Waals surface area (Å²) in [5.74, 6) is -2.60. The first-order chi connectivity index (χ1) is 40.6. The van der Waals surface area contributed by atoms with E-state index in [9.17, 15) is 43.2 Å². The first-order valence-corrected chi connectivity index (χ1v) is 34.0. The standard InChI is InChI=1S/C65H101N5O13S2/c1-12-44(6)61(57(80-10)40-58(76)69-32-22-26-52(69)62(81-11)45(7)55(74)38-46(64(78)70-33-20-21-34-82-70)37-47-41-66-51-25-18-17-24-49(47)51)68(9)65(79)50(42(2)3)39-56(75)60(43(4)5)67(8)31-19-15-13-14-16-23-48(71)29-35-84-85-36-30-59(77)83-63-53(72)27-28-54(63)73/h17-18,24-25,41-46,50,52,57,60-63,66H,12-16,19-23,26-40H2,1-11H3/t44-,45-,46+,50-,52-,57+,60-,61-,62+/m0/s1. The fourth-order valence-electron chi connectivity index (χ4n) is 12.8. The first kappa shape index (κ1) is 71.3. The summed E-state index contributed by atoms with van der Waals surface area (Å²) in [4.78, 5) is 135. The zero-order valence-electron chi connectivity index (χ0n) is 52.9. The van der Waals surface area contributed by atoms with E-state index in [1.165, 1.54) is 26.7 Å². The summed E-state index contributed by atoms with van der Waals surface area (Å²) >= 11 is 0. The molecule has 0 radical (unpaired) electrons. The second-order valence-electron chi connectivity index (χ2n) is 24.7. The number of esters is 1. The summed E-state index contributed by atoms with van der Waals surface area (Å²) in [6, 6.07) is 6.66. The molecular weight excluding hydrogens is 1120 g/mol. The Balaban J connectivity index is 1.10. The number of para-hydroxylation sites is 1. The molecule has 1 N–H and O–H groups in total. The lowest BCUT2D eigenvalue weighted by atomic mass is 9.83. The third-order valence-corrected chi connectivity index (χ3v) is 20.3. The van der Waals surface area contributed by atoms with Crippen LogP contribution in [0, 0.1) is 35.5 Å². The Bertz CT molecular complexity index is 2500. The maximum Gasteiger partial charge on any atom is 0.307 e. The number of nitrogens with zero attached hydrogens (tertiary/aromatic N) is 4. The van der Waals surface area contributed by atoms with Gasteiger partial charge in [0.1, 0.15) is 11.6 Å². The molecule has 3 aliphatic rings. The summed E-state index contributed by atoms with van der Waals surface area (Å²) in [5, 5.41) is 2.43. The van der Waals surface area contributed by atoms with Crippen molar-refractivity contribution >= 4 is 85.1 Å². The number of fused-ring (bicyclic) bond motifs is 1. The number of amides is 3. The van der Waals surface area contributed by atoms with Crippen LogP contribution >= 0.6 is 21.6 Å². The summed E-state index contributed by atoms with van der Waals surface area (Å²) in [6.07, 6.45) is 9.50. The maximum atomic E-state index is 14.9. The molecule has 0 bridgehead atoms. The Labute approximate surface area is 514 Å². The lowest BCUT2D eigenvalue weighted by molar-refractivity contribution is -0.201. The molecule has 3 fully saturated rings. The van der Waals surface area contributed by atoms with Crippen molar-refractivity contribution in [1.82, 2.24) is 24.7 Å². The Hall–Kier alpha value is -4.47. The van der Waals surface area contributed by atoms with Gasteiger partial charge in [0.15, 0.2) is 17.3 Å². The number of hydroxylamine groups is 2. The van der Waals surface area contributed by atoms with Gasteiger partial charge in [-0.3, -0.25) is 52.9 Å². The van der Waals surface area contributed by atoms with Crippen molar-refractivity contribution in [2.75, 3.05) is 66.1 Å². The highest BCUT2D eigenvalue weighted by Gasteiger charge is 2.44. The Kier molecular flexibility index (Phi) is 30.3. The van der Waals surface area contributed by atoms with Gasteiger partial charge in [-0.25, -0.2) is 5.06 Å². The van der Waals surface area contributed by atoms with Gasteiger partial charge in [0.05, 0.1) is 55.7 Å². The Morgan fingerprint density at radius 2 is 1.46 bits per heavy atom. The zero-order valence-corrected chi connectivity index (χ0v) is 54.5. The summed E-state index contributed by atoms with van der Waals surface area (Å²) in [7, 11) is 9.90. The second kappa shape index (κ2) is 36.1. The van der Waals surface area contributed by atoms with Gasteiger partial charge in [-0.05, 0) is 87.9 Å². The predicted octanol–water partition coefficient (Wildman–Crippen LogP) is 9.86. The first-order valence-electron chi connectivity index (χ1n) is 31.5. The van der Waals surface area contributed by atoms with Gasteiger partial charge in [0.25, 0.3) is 0 Å². The van der Waals surface area contributed by atoms with Crippen LogP contribution in [0.4, 0.5) is 0 Å². The number of aromatic nitrogens is 1. The number of Topliss-reactive ketones (excluding diaryl/α,β-unsaturated/α-hetero) is 5. The number of likely N-dealkylation sites (N-methyl/N-ethyl adjacent to an activating group) is 2. The van der Waals surface area contributed by atoms with Gasteiger partial charge in [0.2, 0.25) is 23.8 Å². The fourth-order valence-corrected chi connectivity index (χ4v) is 14.8. The third kappa shape index (κ3) is 20.8. The van der Waals surface area contributed by atoms with Gasteiger partial charge in [-0.15, -0.1) is 0 Å². The van der Waals surface area contributed by atoms with Gasteiger partial charge in [0, 0.05) is 113 Å². The highest BCUT2D eigenvalue weighted by Crippen LogP contribution is 2.34. The lowest BCUT2D eigenvalue weighted by Gasteiger charge is -2.41. The summed E-state index contributed by atoms with van der Waals surface area (Å²) < 4.78 is 17.4. The number of carbonyl (C=O) groups excluding carboxylic acids is 9. The molecule has 0 unspecified atom stereocenters. The molecule has 18 nitrogen and oxygen atoms in total. The summed E-state index contributed by atoms with van der Waals surface area (Å²) in [5.41, 5.74) is 1.91. The van der Waals surface area contributed by atoms with Crippen LogP contribution < -0.4 is 0 Å². The number of ether oxygens (including phenoxy) is 3. The molecule has 1 saturated carbocycles. The molecule has 3 amide bonds. The Morgan fingerprint density at radius 1 is 0.776 bits per heavy atom. The number of ketones is 5. The van der Waals surface area contributed by atoms with Crippen LogP contribution in [0.5, 0.6) is 0 Å². The van der Waals surface area contributed by atoms with E-state index in [-0.39, 0.29) is 109 Å². The molecular formula is C65H101N5O13S2. The van der Waals surface area contributed by atoms with E-state index < -0.39 is 54.1 Å². The Morgan fingerprint density at radius 3 is 2.11 bits per heavy atom. The highest BCUT2D eigenvalue weighted by atomic mass is 33.1. The number of methoxy groups -OCH3 is 2. The maximum absolute atomic E-state index is 14.9. The van der Waals surface area contributed by atoms with Gasteiger partial charge >= 0.3 is 5.97 Å². The quantitative estimate of drug-likeness (QED) is 0.0285. The molecule has 1 aromatic heterocycles. The number of carbonyl (C=O) groups is 9. The number of hydrogen-bond donors (Lipinski definition) is 1. The average Bonchev–Trinajstić information content (AvgIpc) is 3.31. The normalized spacial score (nSPS) is 18.9. The number of hydrogen-bond acceptors (Lipinski definition) is 16. The molecule has 2 aromatic rings. The van der Waals surface area contributed by atoms with Crippen LogP contribution in [0.1, 0.15) is 170 Å². The van der Waals surface area contributed by atoms with Crippen molar-refractivity contribution in [1.29, 1.82) is 0 Å². The highest BCUT2D eigenvalue weighted by molar-refractivity contribution is 8.76. The van der Waals surface area contributed by atoms with E-state index in [4.69, 9.17) is 19.0 Å². The number of benzene rings is 1. The minimum Gasteiger partial charge on any atom is -0.446 e. The van der Waals surface area contributed by atoms with Crippen LogP contribution in [-0.2, 0) is 68.6 Å². The largest absolute Gasteiger partial charge is 0.446 e. The predicted molar refractivity (Wildman–Crippen MR) is 333 cm³/mol. The molecule has 0 spiro atoms. The number of aromatic amines is 1. The molecule has 9 atom stereocenters. The average molecular weight is 1220 g/mol. The molecule has 476 valence electrons. The van der Waals surface area contributed by atoms with Crippen LogP contribution in [0.3, 0.4) is 0 Å². The van der Waals surface area contributed by atoms with E-state index in [0.29, 0.717) is 63.3 Å². The van der Waals surface area contributed by atoms with Crippen molar-refractivity contribution in [3.05, 3.63) is 36.0 Å². The molecule has 1 aliphatic carbocycles. The minimum absolute atomic E-state index is 0.000742. The van der Waals surface area contributed by atoms with Crippen LogP contribution in [0.25, 0.3) is 10.9 Å². The smallest absolute Gasteiger partial charge is 0.307 e. The van der Waals surface area contributed by atoms with E-state index in [1.54, 1.807) is 26.2 Å². The van der Waals surface area contributed by atoms with E-state index in [2.05, 4.69) is 23.7 Å². The minimum atomic E-state index is -1.23. The molecule has 20 heteroatoms. The van der Waals surface area contributed by atoms with Crippen molar-refractivity contribution in [2.45, 2.75) is 207 Å². The molecule has 2 saturated heterocycles. The van der Waals surface area contributed by atoms with Gasteiger partial charge in [-0.1, -0.05) is 114 Å². The number of likely N-dealkylation sites (tertiary alicyclic amines) is 1. The van der Waals surface area contributed by atoms with E-state index in [0.717, 1.165) is 74.4 Å². The number of rotatable bonds is 39. The fraction of sp³-hybridized carbons (Fsp3) is 0.738. The number of unbranched alkanes of at least 4 members (excludes halogenated alkanes) is 4. The molecule has 1 aromatic carbocycles. The van der Waals surface area contributed by atoms with Crippen molar-refractivity contribution in [3.63, 3.8) is 0 Å². The van der Waals surface area contributed by atoms with Gasteiger partial charge in [-0.2, -0.15) is 0 Å². The van der Waals surface area contributed by atoms with Crippen molar-refractivity contribution in [2.24, 2.45) is 35.5 Å². The molecule has 5 rings (SSSR count). The van der Waals surface area contributed by atoms with Crippen LogP contribution in [-0.4, -0.2) is 180 Å². The van der Waals surface area contributed by atoms with Crippen molar-refractivity contribution in [3.8, 4) is 0 Å². The summed E-state index contributed by atoms with van der Waals surface area (Å²) in [6.45, 7) is 16.1. The van der Waals surface area contributed by atoms with Crippen molar-refractivity contribution < 1.29 is 62.2 Å². The number of H-pyrrole nitrogens is 1. The monoisotopic (exact) mass is 1220 g/mol. The van der Waals surface area contributed by atoms with Gasteiger partial charge < -0.3 is 29.0 Å². The van der Waals surface area contributed by atoms with E-state index in [1.807, 2.05) is 77.0 Å². The second-order valence-corrected chi connectivity index (χ2v) is 27.4. The SMILES string of the molecule is CC[C@H](C)[C@@H]([C@@H](CC(=O)N1CCC[C@H]1[C@H](OC)[C@@H](C)C(=O)C[C@@H](Cc1c[nH]c2ccccc12)C(=O)N1CCCCO1)OC)N(C)C(=O)[C@@H](CC(=O)[C@H](C(C)C)N(C)CCCCCCCC(=O)CCSSCCC(=O)OC1C(=O)CCC1=O)C(C)C. The van der Waals surface area contributed by atoms with E-state index >= 15 is 0 Å². The topological polar surface area (TPSA) is 219 Å². The molecule has 3 heterocycles. The van der Waals surface area contributed by atoms with Crippen LogP contribution in [0.15, 0.2) is 30.5 Å². The number of nitrogens with one attached hydrogen (secondary N) is 1. The van der Waals surface area contributed by atoms with Crippen LogP contribution in [0.2, 0.25) is 0 Å². The zero-order chi connectivity index (χ0) is 62.3. The molecule has 2 aliphatic heterocycles. The molecule has 85 heavy (non-hydrogen) atoms. The third-order valence-electron chi connectivity index (χ3n) is 17.9. The lowest BCUT2D eigenvalue weighted by Crippen LogP contribution is -2.54.